The van der Waals surface area contributed by atoms with Gasteiger partial charge < -0.3 is 10.5 Å². The first-order valence-corrected chi connectivity index (χ1v) is 5.17. The third-order valence-electron chi connectivity index (χ3n) is 1.79. The van der Waals surface area contributed by atoms with Gasteiger partial charge in [-0.15, -0.1) is 0 Å². The van der Waals surface area contributed by atoms with Crippen LogP contribution in [0.15, 0.2) is 6.07 Å². The van der Waals surface area contributed by atoms with Gasteiger partial charge in [-0.25, -0.2) is 13.6 Å². The molecule has 1 aromatic rings. The predicted octanol–water partition coefficient (Wildman–Crippen LogP) is 3.16. The SMILES string of the molecule is CC(C)(C)OC(=O)c1cc(N)c(F)c(F)c1Cl. The minimum Gasteiger partial charge on any atom is -0.456 e. The summed E-state index contributed by atoms with van der Waals surface area (Å²) in [7, 11) is 0. The molecule has 1 rings (SSSR count). The van der Waals surface area contributed by atoms with Crippen molar-refractivity contribution in [1.29, 1.82) is 0 Å². The van der Waals surface area contributed by atoms with Gasteiger partial charge in [-0.2, -0.15) is 0 Å². The van der Waals surface area contributed by atoms with Crippen LogP contribution in [0.4, 0.5) is 14.5 Å². The molecule has 1 aromatic carbocycles. The number of nitrogen functional groups attached to an aromatic ring is 1. The molecular weight excluding hydrogens is 252 g/mol. The number of hydrogen-bond acceptors (Lipinski definition) is 3. The van der Waals surface area contributed by atoms with E-state index >= 15 is 0 Å². The van der Waals surface area contributed by atoms with Crippen molar-refractivity contribution in [3.8, 4) is 0 Å². The predicted molar refractivity (Wildman–Crippen MR) is 60.9 cm³/mol. The molecule has 6 heteroatoms. The number of esters is 1. The highest BCUT2D eigenvalue weighted by molar-refractivity contribution is 6.33. The van der Waals surface area contributed by atoms with Gasteiger partial charge in [0.2, 0.25) is 0 Å². The molecule has 0 aliphatic carbocycles. The van der Waals surface area contributed by atoms with Gasteiger partial charge in [-0.3, -0.25) is 0 Å². The van der Waals surface area contributed by atoms with Crippen molar-refractivity contribution in [2.24, 2.45) is 0 Å². The summed E-state index contributed by atoms with van der Waals surface area (Å²) >= 11 is 5.52. The molecule has 0 amide bonds. The van der Waals surface area contributed by atoms with Crippen LogP contribution >= 0.6 is 11.6 Å². The molecule has 0 saturated heterocycles. The van der Waals surface area contributed by atoms with Crippen LogP contribution in [0.5, 0.6) is 0 Å². The first-order valence-electron chi connectivity index (χ1n) is 4.80. The van der Waals surface area contributed by atoms with Crippen molar-refractivity contribution in [2.45, 2.75) is 26.4 Å². The summed E-state index contributed by atoms with van der Waals surface area (Å²) in [4.78, 5) is 11.6. The number of nitrogens with two attached hydrogens (primary N) is 1. The van der Waals surface area contributed by atoms with E-state index in [4.69, 9.17) is 22.1 Å². The quantitative estimate of drug-likeness (QED) is 0.481. The highest BCUT2D eigenvalue weighted by Gasteiger charge is 2.24. The average molecular weight is 264 g/mol. The van der Waals surface area contributed by atoms with Crippen molar-refractivity contribution in [1.82, 2.24) is 0 Å². The van der Waals surface area contributed by atoms with E-state index in [1.165, 1.54) is 0 Å². The molecule has 0 atom stereocenters. The molecule has 94 valence electrons. The molecule has 0 spiro atoms. The number of carbonyl (C=O) groups is 1. The van der Waals surface area contributed by atoms with E-state index in [1.54, 1.807) is 20.8 Å². The summed E-state index contributed by atoms with van der Waals surface area (Å²) in [6, 6.07) is 0.953. The monoisotopic (exact) mass is 263 g/mol. The summed E-state index contributed by atoms with van der Waals surface area (Å²) < 4.78 is 31.3. The van der Waals surface area contributed by atoms with E-state index < -0.39 is 33.9 Å². The Morgan fingerprint density at radius 2 is 1.88 bits per heavy atom. The van der Waals surface area contributed by atoms with E-state index in [2.05, 4.69) is 0 Å². The molecule has 3 nitrogen and oxygen atoms in total. The summed E-state index contributed by atoms with van der Waals surface area (Å²) in [5, 5.41) is -0.633. The third kappa shape index (κ3) is 3.06. The maximum Gasteiger partial charge on any atom is 0.340 e. The summed E-state index contributed by atoms with van der Waals surface area (Å²) in [6.45, 7) is 4.92. The van der Waals surface area contributed by atoms with Crippen molar-refractivity contribution in [3.63, 3.8) is 0 Å². The molecule has 0 fully saturated rings. The second-order valence-electron chi connectivity index (χ2n) is 4.46. The Morgan fingerprint density at radius 3 is 2.35 bits per heavy atom. The highest BCUT2D eigenvalue weighted by atomic mass is 35.5. The van der Waals surface area contributed by atoms with Crippen molar-refractivity contribution in [3.05, 3.63) is 28.3 Å². The van der Waals surface area contributed by atoms with Gasteiger partial charge in [0, 0.05) is 0 Å². The van der Waals surface area contributed by atoms with Gasteiger partial charge in [-0.05, 0) is 26.8 Å². The third-order valence-corrected chi connectivity index (χ3v) is 2.16. The van der Waals surface area contributed by atoms with Crippen LogP contribution in [0.1, 0.15) is 31.1 Å². The zero-order valence-electron chi connectivity index (χ0n) is 9.61. The molecule has 17 heavy (non-hydrogen) atoms. The first kappa shape index (κ1) is 13.7. The lowest BCUT2D eigenvalue weighted by atomic mass is 10.1. The summed E-state index contributed by atoms with van der Waals surface area (Å²) in [6.07, 6.45) is 0. The Hall–Kier alpha value is -1.36. The van der Waals surface area contributed by atoms with Crippen molar-refractivity contribution in [2.75, 3.05) is 5.73 Å². The molecule has 0 bridgehead atoms. The maximum atomic E-state index is 13.3. The van der Waals surface area contributed by atoms with Gasteiger partial charge in [0.25, 0.3) is 0 Å². The molecule has 2 N–H and O–H groups in total. The van der Waals surface area contributed by atoms with Crippen LogP contribution in [0.25, 0.3) is 0 Å². The van der Waals surface area contributed by atoms with Crippen LogP contribution in [-0.2, 0) is 4.74 Å². The van der Waals surface area contributed by atoms with Gasteiger partial charge in [0.05, 0.1) is 16.3 Å². The summed E-state index contributed by atoms with van der Waals surface area (Å²) in [5.74, 6) is -3.48. The lowest BCUT2D eigenvalue weighted by Gasteiger charge is -2.20. The second-order valence-corrected chi connectivity index (χ2v) is 4.84. The molecule has 0 aliphatic rings. The fourth-order valence-corrected chi connectivity index (χ4v) is 1.32. The van der Waals surface area contributed by atoms with E-state index in [0.717, 1.165) is 6.07 Å². The second kappa shape index (κ2) is 4.49. The molecule has 0 aromatic heterocycles. The summed E-state index contributed by atoms with van der Waals surface area (Å²) in [5.41, 5.74) is 3.66. The molecular formula is C11H12ClF2NO2. The zero-order valence-corrected chi connectivity index (χ0v) is 10.4. The van der Waals surface area contributed by atoms with E-state index in [-0.39, 0.29) is 5.56 Å². The Bertz CT molecular complexity index is 470. The van der Waals surface area contributed by atoms with Crippen LogP contribution < -0.4 is 5.73 Å². The Kier molecular flexibility index (Phi) is 3.62. The Balaban J connectivity index is 3.20. The van der Waals surface area contributed by atoms with Crippen LogP contribution in [0.2, 0.25) is 5.02 Å². The van der Waals surface area contributed by atoms with Crippen LogP contribution in [0.3, 0.4) is 0 Å². The molecule has 0 saturated carbocycles. The fourth-order valence-electron chi connectivity index (χ4n) is 1.11. The number of hydrogen-bond donors (Lipinski definition) is 1. The van der Waals surface area contributed by atoms with Crippen LogP contribution in [0, 0.1) is 11.6 Å². The molecule has 0 heterocycles. The highest BCUT2D eigenvalue weighted by Crippen LogP contribution is 2.28. The largest absolute Gasteiger partial charge is 0.456 e. The average Bonchev–Trinajstić information content (AvgIpc) is 2.17. The standard InChI is InChI=1S/C11H12ClF2NO2/c1-11(2,3)17-10(16)5-4-6(15)8(13)9(14)7(5)12/h4H,15H2,1-3H3. The Labute approximate surface area is 103 Å². The first-order chi connectivity index (χ1) is 7.63. The minimum absolute atomic E-state index is 0.294. The molecule has 0 radical (unpaired) electrons. The van der Waals surface area contributed by atoms with E-state index in [9.17, 15) is 13.6 Å². The molecule has 0 unspecified atom stereocenters. The lowest BCUT2D eigenvalue weighted by Crippen LogP contribution is -2.24. The van der Waals surface area contributed by atoms with E-state index in [1.807, 2.05) is 0 Å². The van der Waals surface area contributed by atoms with Crippen LogP contribution in [-0.4, -0.2) is 11.6 Å². The maximum absolute atomic E-state index is 13.3. The zero-order chi connectivity index (χ0) is 13.4. The van der Waals surface area contributed by atoms with Crippen molar-refractivity contribution >= 4 is 23.3 Å². The van der Waals surface area contributed by atoms with E-state index in [0.29, 0.717) is 0 Å². The normalized spacial score (nSPS) is 11.4. The minimum atomic E-state index is -1.35. The number of carbonyl (C=O) groups excluding carboxylic acids is 1. The molecule has 0 aliphatic heterocycles. The number of rotatable bonds is 1. The lowest BCUT2D eigenvalue weighted by molar-refractivity contribution is 0.00692. The number of ether oxygens (including phenoxy) is 1. The topological polar surface area (TPSA) is 52.3 Å². The number of benzene rings is 1. The van der Waals surface area contributed by atoms with Gasteiger partial charge >= 0.3 is 5.97 Å². The number of halogens is 3. The van der Waals surface area contributed by atoms with Gasteiger partial charge in [-0.1, -0.05) is 11.6 Å². The van der Waals surface area contributed by atoms with Crippen molar-refractivity contribution < 1.29 is 18.3 Å². The smallest absolute Gasteiger partial charge is 0.340 e. The fraction of sp³-hybridized carbons (Fsp3) is 0.364. The number of anilines is 1. The van der Waals surface area contributed by atoms with Gasteiger partial charge in [0.15, 0.2) is 11.6 Å². The Morgan fingerprint density at radius 1 is 1.35 bits per heavy atom. The van der Waals surface area contributed by atoms with Gasteiger partial charge in [0.1, 0.15) is 5.60 Å².